The minimum Gasteiger partial charge on any atom is -0.338 e. The smallest absolute Gasteiger partial charge is 0.261 e. The van der Waals surface area contributed by atoms with E-state index >= 15 is 0 Å². The molecule has 1 amide bonds. The summed E-state index contributed by atoms with van der Waals surface area (Å²) in [4.78, 5) is 14.5. The van der Waals surface area contributed by atoms with Crippen LogP contribution in [-0.4, -0.2) is 25.8 Å². The zero-order valence-electron chi connectivity index (χ0n) is 14.7. The van der Waals surface area contributed by atoms with E-state index in [1.807, 2.05) is 24.0 Å². The van der Waals surface area contributed by atoms with E-state index in [1.54, 1.807) is 30.3 Å². The van der Waals surface area contributed by atoms with Gasteiger partial charge in [-0.25, -0.2) is 8.42 Å². The van der Waals surface area contributed by atoms with Crippen molar-refractivity contribution in [2.75, 3.05) is 11.3 Å². The number of rotatable bonds is 4. The number of benzene rings is 2. The summed E-state index contributed by atoms with van der Waals surface area (Å²) in [6.07, 6.45) is 2.82. The Balaban J connectivity index is 1.54. The van der Waals surface area contributed by atoms with Crippen LogP contribution in [0, 0.1) is 12.8 Å². The van der Waals surface area contributed by atoms with Gasteiger partial charge in [0, 0.05) is 24.7 Å². The van der Waals surface area contributed by atoms with Crippen LogP contribution in [0.5, 0.6) is 0 Å². The molecule has 1 N–H and O–H groups in total. The van der Waals surface area contributed by atoms with Gasteiger partial charge in [0.1, 0.15) is 0 Å². The van der Waals surface area contributed by atoms with Gasteiger partial charge >= 0.3 is 0 Å². The predicted octanol–water partition coefficient (Wildman–Crippen LogP) is 3.09. The number of fused-ring (bicyclic) bond motifs is 1. The van der Waals surface area contributed by atoms with E-state index < -0.39 is 10.0 Å². The summed E-state index contributed by atoms with van der Waals surface area (Å²) in [7, 11) is -3.62. The van der Waals surface area contributed by atoms with Gasteiger partial charge in [-0.2, -0.15) is 0 Å². The average molecular weight is 370 g/mol. The van der Waals surface area contributed by atoms with Gasteiger partial charge in [-0.1, -0.05) is 23.8 Å². The van der Waals surface area contributed by atoms with E-state index in [9.17, 15) is 13.2 Å². The van der Waals surface area contributed by atoms with Crippen LogP contribution in [-0.2, 0) is 27.8 Å². The number of sulfonamides is 1. The minimum atomic E-state index is -3.62. The molecular weight excluding hydrogens is 348 g/mol. The highest BCUT2D eigenvalue weighted by molar-refractivity contribution is 7.92. The summed E-state index contributed by atoms with van der Waals surface area (Å²) in [5, 5.41) is 0. The molecule has 0 radical (unpaired) electrons. The quantitative estimate of drug-likeness (QED) is 0.899. The zero-order chi connectivity index (χ0) is 18.3. The molecule has 1 heterocycles. The summed E-state index contributed by atoms with van der Waals surface area (Å²) < 4.78 is 27.8. The van der Waals surface area contributed by atoms with Crippen LogP contribution in [0.2, 0.25) is 0 Å². The van der Waals surface area contributed by atoms with Crippen LogP contribution < -0.4 is 4.72 Å². The van der Waals surface area contributed by atoms with Crippen LogP contribution in [0.25, 0.3) is 0 Å². The fraction of sp³-hybridized carbons (Fsp3) is 0.350. The maximum absolute atomic E-state index is 12.6. The number of carbonyl (C=O) groups is 1. The molecule has 1 fully saturated rings. The largest absolute Gasteiger partial charge is 0.338 e. The third-order valence-electron chi connectivity index (χ3n) is 5.04. The Morgan fingerprint density at radius 1 is 1.08 bits per heavy atom. The highest BCUT2D eigenvalue weighted by Gasteiger charge is 2.34. The molecule has 2 aromatic rings. The number of carbonyl (C=O) groups excluding carboxylic acids is 1. The summed E-state index contributed by atoms with van der Waals surface area (Å²) in [6.45, 7) is 3.23. The van der Waals surface area contributed by atoms with E-state index in [2.05, 4.69) is 4.72 Å². The molecule has 4 rings (SSSR count). The van der Waals surface area contributed by atoms with E-state index in [0.29, 0.717) is 12.2 Å². The number of aryl methyl sites for hydroxylation is 1. The second kappa shape index (κ2) is 6.43. The zero-order valence-corrected chi connectivity index (χ0v) is 15.6. The van der Waals surface area contributed by atoms with Gasteiger partial charge in [-0.05, 0) is 61.6 Å². The molecule has 1 aliphatic heterocycles. The standard InChI is InChI=1S/C20H22N2O3S/c1-14-2-8-19(9-3-14)26(24,25)21-18-7-6-15-10-11-22(13-17(15)12-18)20(23)16-4-5-16/h2-3,6-9,12,16,21H,4-5,10-11,13H2,1H3. The maximum atomic E-state index is 12.6. The number of hydrogen-bond acceptors (Lipinski definition) is 3. The SMILES string of the molecule is Cc1ccc(S(=O)(=O)Nc2ccc3c(c2)CN(C(=O)C2CC2)CC3)cc1. The molecule has 1 saturated carbocycles. The number of hydrogen-bond donors (Lipinski definition) is 1. The molecule has 0 spiro atoms. The first kappa shape index (κ1) is 17.1. The van der Waals surface area contributed by atoms with Crippen LogP contribution in [0.3, 0.4) is 0 Å². The Labute approximate surface area is 154 Å². The van der Waals surface area contributed by atoms with Crippen molar-refractivity contribution in [3.8, 4) is 0 Å². The summed E-state index contributed by atoms with van der Waals surface area (Å²) >= 11 is 0. The first-order valence-corrected chi connectivity index (χ1v) is 10.4. The molecule has 1 aliphatic carbocycles. The van der Waals surface area contributed by atoms with Gasteiger partial charge in [0.2, 0.25) is 5.91 Å². The van der Waals surface area contributed by atoms with Gasteiger partial charge in [0.05, 0.1) is 4.90 Å². The Morgan fingerprint density at radius 2 is 1.81 bits per heavy atom. The second-order valence-electron chi connectivity index (χ2n) is 7.19. The Morgan fingerprint density at radius 3 is 2.50 bits per heavy atom. The Bertz CT molecular complexity index is 948. The highest BCUT2D eigenvalue weighted by Crippen LogP contribution is 2.33. The normalized spacial score (nSPS) is 16.9. The van der Waals surface area contributed by atoms with Gasteiger partial charge in [-0.3, -0.25) is 9.52 Å². The monoisotopic (exact) mass is 370 g/mol. The Hall–Kier alpha value is -2.34. The molecular formula is C20H22N2O3S. The van der Waals surface area contributed by atoms with Gasteiger partial charge in [0.15, 0.2) is 0 Å². The van der Waals surface area contributed by atoms with E-state index in [1.165, 1.54) is 5.56 Å². The van der Waals surface area contributed by atoms with Crippen molar-refractivity contribution >= 4 is 21.6 Å². The first-order valence-electron chi connectivity index (χ1n) is 8.92. The van der Waals surface area contributed by atoms with Crippen molar-refractivity contribution in [1.82, 2.24) is 4.90 Å². The lowest BCUT2D eigenvalue weighted by atomic mass is 9.99. The van der Waals surface area contributed by atoms with Crippen LogP contribution in [0.4, 0.5) is 5.69 Å². The molecule has 0 saturated heterocycles. The number of nitrogens with zero attached hydrogens (tertiary/aromatic N) is 1. The highest BCUT2D eigenvalue weighted by atomic mass is 32.2. The van der Waals surface area contributed by atoms with Crippen molar-refractivity contribution in [3.05, 3.63) is 59.2 Å². The lowest BCUT2D eigenvalue weighted by Crippen LogP contribution is -2.36. The van der Waals surface area contributed by atoms with Crippen molar-refractivity contribution in [1.29, 1.82) is 0 Å². The van der Waals surface area contributed by atoms with Crippen molar-refractivity contribution in [2.45, 2.75) is 37.6 Å². The fourth-order valence-corrected chi connectivity index (χ4v) is 4.38. The number of amides is 1. The van der Waals surface area contributed by atoms with Gasteiger partial charge < -0.3 is 4.90 Å². The van der Waals surface area contributed by atoms with Crippen molar-refractivity contribution < 1.29 is 13.2 Å². The molecule has 2 aliphatic rings. The average Bonchev–Trinajstić information content (AvgIpc) is 3.45. The summed E-state index contributed by atoms with van der Waals surface area (Å²) in [5.41, 5.74) is 3.75. The Kier molecular flexibility index (Phi) is 4.23. The molecule has 0 bridgehead atoms. The molecule has 0 atom stereocenters. The van der Waals surface area contributed by atoms with Crippen LogP contribution >= 0.6 is 0 Å². The van der Waals surface area contributed by atoms with Crippen LogP contribution in [0.1, 0.15) is 29.5 Å². The molecule has 136 valence electrons. The summed E-state index contributed by atoms with van der Waals surface area (Å²) in [5.74, 6) is 0.445. The molecule has 6 heteroatoms. The first-order chi connectivity index (χ1) is 12.4. The fourth-order valence-electron chi connectivity index (χ4n) is 3.33. The van der Waals surface area contributed by atoms with Gasteiger partial charge in [-0.15, -0.1) is 0 Å². The minimum absolute atomic E-state index is 0.208. The van der Waals surface area contributed by atoms with E-state index in [4.69, 9.17) is 0 Å². The lowest BCUT2D eigenvalue weighted by Gasteiger charge is -2.29. The third kappa shape index (κ3) is 3.46. The lowest BCUT2D eigenvalue weighted by molar-refractivity contribution is -0.133. The molecule has 2 aromatic carbocycles. The van der Waals surface area contributed by atoms with Crippen molar-refractivity contribution in [3.63, 3.8) is 0 Å². The molecule has 0 aromatic heterocycles. The summed E-state index contributed by atoms with van der Waals surface area (Å²) in [6, 6.07) is 12.4. The maximum Gasteiger partial charge on any atom is 0.261 e. The van der Waals surface area contributed by atoms with E-state index in [-0.39, 0.29) is 16.7 Å². The molecule has 0 unspecified atom stereocenters. The van der Waals surface area contributed by atoms with Crippen LogP contribution in [0.15, 0.2) is 47.4 Å². The number of anilines is 1. The third-order valence-corrected chi connectivity index (χ3v) is 6.44. The van der Waals surface area contributed by atoms with Crippen molar-refractivity contribution in [2.24, 2.45) is 5.92 Å². The number of nitrogens with one attached hydrogen (secondary N) is 1. The second-order valence-corrected chi connectivity index (χ2v) is 8.87. The van der Waals surface area contributed by atoms with Gasteiger partial charge in [0.25, 0.3) is 10.0 Å². The topological polar surface area (TPSA) is 66.5 Å². The molecule has 5 nitrogen and oxygen atoms in total. The molecule has 26 heavy (non-hydrogen) atoms. The van der Waals surface area contributed by atoms with E-state index in [0.717, 1.165) is 36.9 Å². The predicted molar refractivity (Wildman–Crippen MR) is 100 cm³/mol.